The van der Waals surface area contributed by atoms with Crippen LogP contribution < -0.4 is 5.44 Å². The van der Waals surface area contributed by atoms with Gasteiger partial charge in [-0.25, -0.2) is 9.97 Å². The summed E-state index contributed by atoms with van der Waals surface area (Å²) in [6.45, 7) is 5.51. The van der Waals surface area contributed by atoms with E-state index < -0.39 is 7.14 Å². The zero-order valence-corrected chi connectivity index (χ0v) is 10.7. The number of aromatic nitrogens is 2. The maximum absolute atomic E-state index is 12.2. The standard InChI is InChI=1S/C12H15N2OP/c1-4-11-13-10-8-6-5-7-9(10)12(14-11)16(2,3)15/h5-8H,4H2,1-3H3. The molecule has 1 aromatic carbocycles. The normalized spacial score (nSPS) is 11.9. The monoisotopic (exact) mass is 234 g/mol. The Morgan fingerprint density at radius 2 is 1.88 bits per heavy atom. The number of nitrogens with zero attached hydrogens (tertiary/aromatic N) is 2. The minimum Gasteiger partial charge on any atom is -0.318 e. The summed E-state index contributed by atoms with van der Waals surface area (Å²) in [7, 11) is -2.35. The Hall–Kier alpha value is -1.21. The molecule has 0 aliphatic heterocycles. The molecule has 0 spiro atoms. The Morgan fingerprint density at radius 3 is 2.50 bits per heavy atom. The molecule has 0 fully saturated rings. The van der Waals surface area contributed by atoms with Gasteiger partial charge in [-0.1, -0.05) is 25.1 Å². The van der Waals surface area contributed by atoms with Gasteiger partial charge in [0.25, 0.3) is 0 Å². The van der Waals surface area contributed by atoms with Gasteiger partial charge in [0, 0.05) is 11.8 Å². The van der Waals surface area contributed by atoms with E-state index in [4.69, 9.17) is 0 Å². The summed E-state index contributed by atoms with van der Waals surface area (Å²) in [5.74, 6) is 0.762. The van der Waals surface area contributed by atoms with E-state index in [1.807, 2.05) is 31.2 Å². The molecule has 1 aromatic heterocycles. The molecule has 0 N–H and O–H groups in total. The van der Waals surface area contributed by atoms with Crippen molar-refractivity contribution in [1.82, 2.24) is 9.97 Å². The molecular weight excluding hydrogens is 219 g/mol. The predicted molar refractivity (Wildman–Crippen MR) is 68.0 cm³/mol. The van der Waals surface area contributed by atoms with E-state index >= 15 is 0 Å². The van der Waals surface area contributed by atoms with Gasteiger partial charge >= 0.3 is 0 Å². The molecule has 16 heavy (non-hydrogen) atoms. The lowest BCUT2D eigenvalue weighted by Gasteiger charge is -2.10. The lowest BCUT2D eigenvalue weighted by atomic mass is 10.2. The van der Waals surface area contributed by atoms with Crippen molar-refractivity contribution in [3.63, 3.8) is 0 Å². The maximum Gasteiger partial charge on any atom is 0.129 e. The number of rotatable bonds is 2. The summed E-state index contributed by atoms with van der Waals surface area (Å²) in [6.07, 6.45) is 0.762. The molecule has 84 valence electrons. The van der Waals surface area contributed by atoms with E-state index in [0.717, 1.165) is 23.1 Å². The van der Waals surface area contributed by atoms with Gasteiger partial charge in [0.15, 0.2) is 0 Å². The van der Waals surface area contributed by atoms with E-state index in [-0.39, 0.29) is 0 Å². The van der Waals surface area contributed by atoms with Crippen LogP contribution in [0.2, 0.25) is 0 Å². The molecule has 0 aliphatic carbocycles. The van der Waals surface area contributed by atoms with E-state index in [1.165, 1.54) is 0 Å². The second-order valence-electron chi connectivity index (χ2n) is 4.19. The third-order valence-corrected chi connectivity index (χ3v) is 3.82. The SMILES string of the molecule is CCc1nc(P(C)(C)=O)c2ccccc2n1. The first-order valence-electron chi connectivity index (χ1n) is 5.33. The molecule has 0 amide bonds. The average molecular weight is 234 g/mol. The third-order valence-electron chi connectivity index (χ3n) is 2.46. The first kappa shape index (κ1) is 11.3. The third kappa shape index (κ3) is 2.00. The van der Waals surface area contributed by atoms with Gasteiger partial charge in [-0.3, -0.25) is 0 Å². The molecule has 0 aliphatic rings. The van der Waals surface area contributed by atoms with E-state index in [9.17, 15) is 4.57 Å². The van der Waals surface area contributed by atoms with Crippen molar-refractivity contribution < 1.29 is 4.57 Å². The molecule has 0 atom stereocenters. The highest BCUT2D eigenvalue weighted by molar-refractivity contribution is 7.70. The van der Waals surface area contributed by atoms with Crippen LogP contribution in [0.1, 0.15) is 12.7 Å². The molecular formula is C12H15N2OP. The van der Waals surface area contributed by atoms with Crippen LogP contribution in [0.5, 0.6) is 0 Å². The molecule has 3 nitrogen and oxygen atoms in total. The van der Waals surface area contributed by atoms with Crippen LogP contribution in [0.3, 0.4) is 0 Å². The quantitative estimate of drug-likeness (QED) is 0.749. The predicted octanol–water partition coefficient (Wildman–Crippen LogP) is 2.44. The molecule has 0 saturated carbocycles. The minimum atomic E-state index is -2.35. The number of hydrogen-bond acceptors (Lipinski definition) is 3. The lowest BCUT2D eigenvalue weighted by molar-refractivity contribution is 0.588. The van der Waals surface area contributed by atoms with Crippen LogP contribution in [0.25, 0.3) is 10.9 Å². The Labute approximate surface area is 95.3 Å². The zero-order chi connectivity index (χ0) is 11.8. The zero-order valence-electron chi connectivity index (χ0n) is 9.77. The summed E-state index contributed by atoms with van der Waals surface area (Å²) in [6, 6.07) is 7.74. The molecule has 0 bridgehead atoms. The highest BCUT2D eigenvalue weighted by Crippen LogP contribution is 2.36. The fourth-order valence-electron chi connectivity index (χ4n) is 1.68. The first-order chi connectivity index (χ1) is 7.52. The maximum atomic E-state index is 12.2. The van der Waals surface area contributed by atoms with Gasteiger partial charge in [0.1, 0.15) is 18.4 Å². The highest BCUT2D eigenvalue weighted by Gasteiger charge is 2.18. The van der Waals surface area contributed by atoms with Crippen LogP contribution in [0.4, 0.5) is 0 Å². The Balaban J connectivity index is 2.84. The molecule has 1 heterocycles. The van der Waals surface area contributed by atoms with Gasteiger partial charge in [-0.2, -0.15) is 0 Å². The molecule has 2 rings (SSSR count). The number of benzene rings is 1. The summed E-state index contributed by atoms with van der Waals surface area (Å²) in [5, 5.41) is 0.910. The number of para-hydroxylation sites is 1. The molecule has 2 aromatic rings. The van der Waals surface area contributed by atoms with Gasteiger partial charge in [0.05, 0.1) is 5.52 Å². The van der Waals surface area contributed by atoms with Crippen molar-refractivity contribution >= 4 is 23.5 Å². The smallest absolute Gasteiger partial charge is 0.129 e. The van der Waals surface area contributed by atoms with Crippen LogP contribution in [0, 0.1) is 0 Å². The van der Waals surface area contributed by atoms with Crippen molar-refractivity contribution in [2.24, 2.45) is 0 Å². The number of aryl methyl sites for hydroxylation is 1. The average Bonchev–Trinajstić information content (AvgIpc) is 2.26. The van der Waals surface area contributed by atoms with E-state index in [0.29, 0.717) is 5.44 Å². The minimum absolute atomic E-state index is 0.704. The fraction of sp³-hybridized carbons (Fsp3) is 0.333. The van der Waals surface area contributed by atoms with Crippen LogP contribution in [-0.4, -0.2) is 23.3 Å². The van der Waals surface area contributed by atoms with Gasteiger partial charge < -0.3 is 4.57 Å². The van der Waals surface area contributed by atoms with Crippen molar-refractivity contribution in [3.8, 4) is 0 Å². The Bertz CT molecular complexity index is 574. The lowest BCUT2D eigenvalue weighted by Crippen LogP contribution is -2.14. The van der Waals surface area contributed by atoms with Crippen molar-refractivity contribution in [2.75, 3.05) is 13.3 Å². The van der Waals surface area contributed by atoms with Crippen molar-refractivity contribution in [1.29, 1.82) is 0 Å². The summed E-state index contributed by atoms with van der Waals surface area (Å²) < 4.78 is 12.2. The molecule has 0 saturated heterocycles. The topological polar surface area (TPSA) is 42.9 Å². The molecule has 4 heteroatoms. The van der Waals surface area contributed by atoms with Crippen LogP contribution in [-0.2, 0) is 11.0 Å². The van der Waals surface area contributed by atoms with Crippen LogP contribution in [0.15, 0.2) is 24.3 Å². The number of fused-ring (bicyclic) bond motifs is 1. The van der Waals surface area contributed by atoms with Gasteiger partial charge in [-0.05, 0) is 19.4 Å². The van der Waals surface area contributed by atoms with E-state index in [2.05, 4.69) is 9.97 Å². The van der Waals surface area contributed by atoms with Gasteiger partial charge in [-0.15, -0.1) is 0 Å². The fourth-order valence-corrected chi connectivity index (χ4v) is 2.80. The van der Waals surface area contributed by atoms with E-state index in [1.54, 1.807) is 13.3 Å². The van der Waals surface area contributed by atoms with Crippen molar-refractivity contribution in [3.05, 3.63) is 30.1 Å². The Morgan fingerprint density at radius 1 is 1.19 bits per heavy atom. The van der Waals surface area contributed by atoms with Crippen LogP contribution >= 0.6 is 7.14 Å². The second-order valence-corrected chi connectivity index (χ2v) is 7.31. The summed E-state index contributed by atoms with van der Waals surface area (Å²) in [5.41, 5.74) is 1.59. The summed E-state index contributed by atoms with van der Waals surface area (Å²) >= 11 is 0. The summed E-state index contributed by atoms with van der Waals surface area (Å²) in [4.78, 5) is 8.85. The first-order valence-corrected chi connectivity index (χ1v) is 7.93. The van der Waals surface area contributed by atoms with Crippen molar-refractivity contribution in [2.45, 2.75) is 13.3 Å². The second kappa shape index (κ2) is 3.99. The van der Waals surface area contributed by atoms with Gasteiger partial charge in [0.2, 0.25) is 0 Å². The highest BCUT2D eigenvalue weighted by atomic mass is 31.2. The molecule has 0 radical (unpaired) electrons. The number of hydrogen-bond donors (Lipinski definition) is 0. The largest absolute Gasteiger partial charge is 0.318 e. The Kier molecular flexibility index (Phi) is 2.81. The molecule has 0 unspecified atom stereocenters.